The summed E-state index contributed by atoms with van der Waals surface area (Å²) >= 11 is 0. The molecule has 0 saturated heterocycles. The molecule has 26 heteroatoms. The molecule has 26 nitrogen and oxygen atoms in total. The Morgan fingerprint density at radius 1 is 0.296 bits per heavy atom. The third-order valence-electron chi connectivity index (χ3n) is 8.40. The lowest BCUT2D eigenvalue weighted by molar-refractivity contribution is -0.138. The first-order valence-corrected chi connectivity index (χ1v) is 24.8. The van der Waals surface area contributed by atoms with Gasteiger partial charge in [-0.15, -0.1) is 0 Å². The van der Waals surface area contributed by atoms with E-state index in [1.54, 1.807) is 0 Å². The van der Waals surface area contributed by atoms with Crippen LogP contribution >= 0.6 is 0 Å². The summed E-state index contributed by atoms with van der Waals surface area (Å²) in [5, 5.41) is 15.2. The predicted molar refractivity (Wildman–Crippen MR) is 256 cm³/mol. The molecule has 0 aliphatic carbocycles. The lowest BCUT2D eigenvalue weighted by Gasteiger charge is -2.09. The maximum absolute atomic E-state index is 10.4. The largest absolute Gasteiger partial charge is 0.481 e. The second-order valence-corrected chi connectivity index (χ2v) is 14.1. The molecule has 2 N–H and O–H groups in total. The van der Waals surface area contributed by atoms with Gasteiger partial charge in [0.15, 0.2) is 0 Å². The van der Waals surface area contributed by atoms with Crippen LogP contribution in [0, 0.1) is 0 Å². The third-order valence-corrected chi connectivity index (χ3v) is 8.40. The Morgan fingerprint density at radius 3 is 0.648 bits per heavy atom. The molecule has 0 atom stereocenters. The van der Waals surface area contributed by atoms with Crippen LogP contribution in [0.15, 0.2) is 5.11 Å². The van der Waals surface area contributed by atoms with Crippen molar-refractivity contribution in [3.8, 4) is 0 Å². The minimum absolute atomic E-state index is 0.00872. The lowest BCUT2D eigenvalue weighted by atomic mass is 10.5. The normalized spacial score (nSPS) is 11.5. The molecule has 71 heavy (non-hydrogen) atoms. The van der Waals surface area contributed by atoms with Crippen molar-refractivity contribution >= 4 is 5.97 Å². The zero-order valence-electron chi connectivity index (χ0n) is 42.5. The van der Waals surface area contributed by atoms with Crippen LogP contribution < -0.4 is 5.32 Å². The Labute approximate surface area is 421 Å². The average Bonchev–Trinajstić information content (AvgIpc) is 3.37. The van der Waals surface area contributed by atoms with Crippen LogP contribution in [0.5, 0.6) is 0 Å². The Bertz CT molecular complexity index is 1000. The topological polar surface area (TPSA) is 283 Å². The van der Waals surface area contributed by atoms with Crippen LogP contribution in [-0.2, 0) is 99.5 Å². The fourth-order valence-corrected chi connectivity index (χ4v) is 4.89. The van der Waals surface area contributed by atoms with Crippen LogP contribution in [0.1, 0.15) is 6.42 Å². The SMILES string of the molecule is [N-]=[N+]=NCCOCCOCCOCCOCCOCCOCCOCCOCCOCCOCCNCCOCCOCCOCCOCCOCCOCCOCCOCCOCCOCCC(=O)O. The number of azide groups is 1. The molecule has 0 aliphatic rings. The number of rotatable bonds is 66. The Balaban J connectivity index is 3.08. The maximum atomic E-state index is 10.4. The van der Waals surface area contributed by atoms with Crippen LogP contribution in [0.2, 0.25) is 0 Å². The number of aliphatic carboxylic acids is 1. The van der Waals surface area contributed by atoms with Crippen molar-refractivity contribution < 1.29 is 105 Å². The van der Waals surface area contributed by atoms with Crippen molar-refractivity contribution in [1.29, 1.82) is 0 Å². The highest BCUT2D eigenvalue weighted by molar-refractivity contribution is 5.66. The summed E-state index contributed by atoms with van der Waals surface area (Å²) in [5.41, 5.74) is 8.16. The fraction of sp³-hybridized carbons (Fsp3) is 0.978. The summed E-state index contributed by atoms with van der Waals surface area (Å²) in [7, 11) is 0. The lowest BCUT2D eigenvalue weighted by Crippen LogP contribution is -2.25. The molecule has 0 spiro atoms. The van der Waals surface area contributed by atoms with Gasteiger partial charge in [-0.2, -0.15) is 0 Å². The minimum atomic E-state index is -0.879. The van der Waals surface area contributed by atoms with E-state index in [2.05, 4.69) is 15.3 Å². The molecule has 0 radical (unpaired) electrons. The number of nitrogens with zero attached hydrogens (tertiary/aromatic N) is 3. The summed E-state index contributed by atoms with van der Waals surface area (Å²) in [6, 6.07) is 0. The predicted octanol–water partition coefficient (Wildman–Crippen LogP) is 0.693. The number of nitrogens with one attached hydrogen (secondary N) is 1. The van der Waals surface area contributed by atoms with E-state index in [1.807, 2.05) is 0 Å². The van der Waals surface area contributed by atoms with E-state index in [0.717, 1.165) is 13.1 Å². The average molecular weight is 1040 g/mol. The van der Waals surface area contributed by atoms with Crippen molar-refractivity contribution in [2.45, 2.75) is 6.42 Å². The van der Waals surface area contributed by atoms with E-state index < -0.39 is 5.97 Å². The molecular formula is C45H90N4O22. The maximum Gasteiger partial charge on any atom is 0.305 e. The number of ether oxygens (including phenoxy) is 20. The first kappa shape index (κ1) is 68.9. The van der Waals surface area contributed by atoms with Gasteiger partial charge in [0.25, 0.3) is 0 Å². The second-order valence-electron chi connectivity index (χ2n) is 14.1. The summed E-state index contributed by atoms with van der Waals surface area (Å²) in [5.74, 6) is -0.879. The van der Waals surface area contributed by atoms with E-state index in [9.17, 15) is 4.79 Å². The summed E-state index contributed by atoms with van der Waals surface area (Å²) in [4.78, 5) is 13.0. The van der Waals surface area contributed by atoms with Crippen LogP contribution in [-0.4, -0.2) is 295 Å². The molecule has 422 valence electrons. The van der Waals surface area contributed by atoms with Gasteiger partial charge >= 0.3 is 5.97 Å². The standard InChI is InChI=1S/C45H90N4O22/c46-49-48-4-8-55-12-16-59-20-24-63-28-32-67-36-40-71-44-43-70-39-35-66-31-27-62-23-19-58-15-11-54-7-3-47-2-6-53-10-14-57-18-22-61-26-30-65-34-38-69-42-41-68-37-33-64-29-25-60-21-17-56-13-9-52-5-1-45(50)51/h47H,1-44H2,(H,50,51). The van der Waals surface area contributed by atoms with Gasteiger partial charge in [-0.1, -0.05) is 5.11 Å². The number of carbonyl (C=O) groups is 1. The Hall–Kier alpha value is -2.06. The third kappa shape index (κ3) is 67.9. The van der Waals surface area contributed by atoms with Crippen LogP contribution in [0.25, 0.3) is 10.4 Å². The van der Waals surface area contributed by atoms with Gasteiger partial charge in [-0.05, 0) is 5.53 Å². The number of carboxylic acid groups (broad SMARTS) is 1. The highest BCUT2D eigenvalue weighted by atomic mass is 16.6. The Morgan fingerprint density at radius 2 is 0.465 bits per heavy atom. The molecule has 0 aromatic heterocycles. The van der Waals surface area contributed by atoms with Gasteiger partial charge in [0.2, 0.25) is 0 Å². The zero-order valence-corrected chi connectivity index (χ0v) is 42.5. The first-order valence-electron chi connectivity index (χ1n) is 24.8. The van der Waals surface area contributed by atoms with Crippen molar-refractivity contribution in [2.24, 2.45) is 5.11 Å². The molecule has 0 bridgehead atoms. The number of hydrogen-bond acceptors (Lipinski definition) is 23. The van der Waals surface area contributed by atoms with Gasteiger partial charge in [-0.3, -0.25) is 4.79 Å². The van der Waals surface area contributed by atoms with Crippen molar-refractivity contribution in [3.63, 3.8) is 0 Å². The quantitative estimate of drug-likeness (QED) is 0.0367. The molecule has 0 aromatic carbocycles. The van der Waals surface area contributed by atoms with E-state index in [1.165, 1.54) is 0 Å². The first-order chi connectivity index (χ1) is 35.3. The summed E-state index contributed by atoms with van der Waals surface area (Å²) in [6.07, 6.45) is -0.00872. The number of carboxylic acids is 1. The van der Waals surface area contributed by atoms with Crippen molar-refractivity contribution in [2.75, 3.05) is 284 Å². The van der Waals surface area contributed by atoms with Gasteiger partial charge in [0.1, 0.15) is 0 Å². The number of hydrogen-bond donors (Lipinski definition) is 2. The smallest absolute Gasteiger partial charge is 0.305 e. The van der Waals surface area contributed by atoms with E-state index in [4.69, 9.17) is 105 Å². The van der Waals surface area contributed by atoms with Crippen LogP contribution in [0.4, 0.5) is 0 Å². The highest BCUT2D eigenvalue weighted by Gasteiger charge is 2.00. The van der Waals surface area contributed by atoms with Crippen LogP contribution in [0.3, 0.4) is 0 Å². The van der Waals surface area contributed by atoms with E-state index in [-0.39, 0.29) is 13.0 Å². The monoisotopic (exact) mass is 1040 g/mol. The molecule has 0 aliphatic heterocycles. The fourth-order valence-electron chi connectivity index (χ4n) is 4.89. The zero-order chi connectivity index (χ0) is 51.0. The molecule has 0 rings (SSSR count). The molecule has 0 heterocycles. The Kier molecular flexibility index (Phi) is 64.0. The van der Waals surface area contributed by atoms with E-state index >= 15 is 0 Å². The van der Waals surface area contributed by atoms with Gasteiger partial charge in [-0.25, -0.2) is 0 Å². The summed E-state index contributed by atoms with van der Waals surface area (Å²) in [6.45, 7) is 20.7. The molecule has 0 saturated carbocycles. The van der Waals surface area contributed by atoms with Gasteiger partial charge in [0.05, 0.1) is 271 Å². The minimum Gasteiger partial charge on any atom is -0.481 e. The van der Waals surface area contributed by atoms with E-state index in [0.29, 0.717) is 264 Å². The van der Waals surface area contributed by atoms with Gasteiger partial charge in [0, 0.05) is 24.5 Å². The molecule has 0 unspecified atom stereocenters. The van der Waals surface area contributed by atoms with Gasteiger partial charge < -0.3 is 105 Å². The summed E-state index contributed by atoms with van der Waals surface area (Å²) < 4.78 is 109. The van der Waals surface area contributed by atoms with Crippen molar-refractivity contribution in [1.82, 2.24) is 5.32 Å². The van der Waals surface area contributed by atoms with Crippen molar-refractivity contribution in [3.05, 3.63) is 10.4 Å². The molecule has 0 aromatic rings. The molecule has 0 fully saturated rings. The second kappa shape index (κ2) is 66.0. The molecule has 0 amide bonds. The molecular weight excluding hydrogens is 949 g/mol. The highest BCUT2D eigenvalue weighted by Crippen LogP contribution is 1.90.